The van der Waals surface area contributed by atoms with Crippen molar-refractivity contribution in [1.82, 2.24) is 25.1 Å². The van der Waals surface area contributed by atoms with E-state index in [-0.39, 0.29) is 5.82 Å². The van der Waals surface area contributed by atoms with Gasteiger partial charge >= 0.3 is 0 Å². The standard InChI is InChI=1S/C20H18FN5O3/c1-12-18(23-25-26(12)11-13-5-4-6-15(21)9-13)19-22-20(29-24-19)14-7-8-16(27-2)17(10-14)28-3/h4-10H,11H2,1-3H3. The third-order valence-electron chi connectivity index (χ3n) is 4.47. The molecule has 0 saturated heterocycles. The lowest BCUT2D eigenvalue weighted by molar-refractivity contribution is 0.355. The fourth-order valence-corrected chi connectivity index (χ4v) is 2.93. The Hall–Kier alpha value is -3.75. The van der Waals surface area contributed by atoms with Crippen molar-refractivity contribution in [2.45, 2.75) is 13.5 Å². The predicted molar refractivity (Wildman–Crippen MR) is 102 cm³/mol. The molecule has 9 heteroatoms. The number of aromatic nitrogens is 5. The van der Waals surface area contributed by atoms with Gasteiger partial charge in [0, 0.05) is 5.56 Å². The van der Waals surface area contributed by atoms with E-state index in [0.29, 0.717) is 41.0 Å². The van der Waals surface area contributed by atoms with Gasteiger partial charge in [0.25, 0.3) is 5.89 Å². The van der Waals surface area contributed by atoms with Crippen molar-refractivity contribution in [3.63, 3.8) is 0 Å². The molecule has 0 N–H and O–H groups in total. The molecule has 2 aromatic heterocycles. The summed E-state index contributed by atoms with van der Waals surface area (Å²) >= 11 is 0. The van der Waals surface area contributed by atoms with Gasteiger partial charge in [-0.3, -0.25) is 0 Å². The molecule has 0 atom stereocenters. The normalized spacial score (nSPS) is 10.9. The molecule has 29 heavy (non-hydrogen) atoms. The van der Waals surface area contributed by atoms with Crippen LogP contribution in [0.5, 0.6) is 11.5 Å². The average Bonchev–Trinajstić information content (AvgIpc) is 3.35. The molecule has 4 rings (SSSR count). The summed E-state index contributed by atoms with van der Waals surface area (Å²) in [6.45, 7) is 2.23. The Kier molecular flexibility index (Phi) is 4.94. The van der Waals surface area contributed by atoms with Crippen molar-refractivity contribution in [2.75, 3.05) is 14.2 Å². The molecular formula is C20H18FN5O3. The predicted octanol–water partition coefficient (Wildman–Crippen LogP) is 3.51. The Balaban J connectivity index is 1.61. The van der Waals surface area contributed by atoms with E-state index in [9.17, 15) is 4.39 Å². The number of halogens is 1. The highest BCUT2D eigenvalue weighted by Crippen LogP contribution is 2.32. The summed E-state index contributed by atoms with van der Waals surface area (Å²) in [5.74, 6) is 1.50. The number of nitrogens with zero attached hydrogens (tertiary/aromatic N) is 5. The molecule has 0 aliphatic rings. The molecule has 0 saturated carbocycles. The van der Waals surface area contributed by atoms with Crippen molar-refractivity contribution >= 4 is 0 Å². The minimum absolute atomic E-state index is 0.293. The molecule has 2 heterocycles. The number of hydrogen-bond donors (Lipinski definition) is 0. The lowest BCUT2D eigenvalue weighted by Gasteiger charge is -2.07. The van der Waals surface area contributed by atoms with E-state index >= 15 is 0 Å². The van der Waals surface area contributed by atoms with E-state index in [4.69, 9.17) is 14.0 Å². The lowest BCUT2D eigenvalue weighted by Crippen LogP contribution is -2.04. The highest BCUT2D eigenvalue weighted by atomic mass is 19.1. The van der Waals surface area contributed by atoms with Crippen molar-refractivity contribution < 1.29 is 18.4 Å². The Labute approximate surface area is 165 Å². The van der Waals surface area contributed by atoms with Crippen LogP contribution in [0, 0.1) is 12.7 Å². The average molecular weight is 395 g/mol. The molecule has 2 aromatic carbocycles. The quantitative estimate of drug-likeness (QED) is 0.494. The van der Waals surface area contributed by atoms with E-state index in [2.05, 4.69) is 20.5 Å². The fourth-order valence-electron chi connectivity index (χ4n) is 2.93. The van der Waals surface area contributed by atoms with Crippen molar-refractivity contribution in [1.29, 1.82) is 0 Å². The second-order valence-corrected chi connectivity index (χ2v) is 6.30. The second-order valence-electron chi connectivity index (χ2n) is 6.30. The van der Waals surface area contributed by atoms with Gasteiger partial charge in [-0.05, 0) is 42.8 Å². The van der Waals surface area contributed by atoms with E-state index < -0.39 is 0 Å². The first-order valence-corrected chi connectivity index (χ1v) is 8.80. The van der Waals surface area contributed by atoms with Gasteiger partial charge in [-0.15, -0.1) is 5.10 Å². The van der Waals surface area contributed by atoms with Crippen LogP contribution in [0.4, 0.5) is 4.39 Å². The van der Waals surface area contributed by atoms with Crippen LogP contribution in [0.1, 0.15) is 11.3 Å². The van der Waals surface area contributed by atoms with Gasteiger partial charge in [-0.1, -0.05) is 22.5 Å². The molecule has 8 nitrogen and oxygen atoms in total. The highest BCUT2D eigenvalue weighted by molar-refractivity contribution is 5.62. The van der Waals surface area contributed by atoms with Crippen LogP contribution in [0.3, 0.4) is 0 Å². The van der Waals surface area contributed by atoms with Gasteiger partial charge in [0.15, 0.2) is 17.2 Å². The third-order valence-corrected chi connectivity index (χ3v) is 4.47. The maximum atomic E-state index is 13.4. The molecule has 0 radical (unpaired) electrons. The van der Waals surface area contributed by atoms with E-state index in [0.717, 1.165) is 11.3 Å². The molecule has 148 valence electrons. The first kappa shape index (κ1) is 18.6. The minimum atomic E-state index is -0.293. The Bertz CT molecular complexity index is 1150. The van der Waals surface area contributed by atoms with Crippen LogP contribution in [0.15, 0.2) is 47.0 Å². The zero-order chi connectivity index (χ0) is 20.4. The van der Waals surface area contributed by atoms with E-state index in [1.54, 1.807) is 43.2 Å². The molecule has 0 bridgehead atoms. The molecule has 4 aromatic rings. The summed E-state index contributed by atoms with van der Waals surface area (Å²) in [6, 6.07) is 11.7. The number of hydrogen-bond acceptors (Lipinski definition) is 7. The van der Waals surface area contributed by atoms with E-state index in [1.807, 2.05) is 13.0 Å². The number of benzene rings is 2. The fraction of sp³-hybridized carbons (Fsp3) is 0.200. The van der Waals surface area contributed by atoms with Gasteiger partial charge in [0.05, 0.1) is 26.5 Å². The lowest BCUT2D eigenvalue weighted by atomic mass is 10.2. The largest absolute Gasteiger partial charge is 0.493 e. The van der Waals surface area contributed by atoms with Crippen LogP contribution in [0.25, 0.3) is 23.0 Å². The zero-order valence-electron chi connectivity index (χ0n) is 16.1. The van der Waals surface area contributed by atoms with Crippen molar-refractivity contribution in [2.24, 2.45) is 0 Å². The molecule has 0 spiro atoms. The number of rotatable bonds is 6. The monoisotopic (exact) mass is 395 g/mol. The topological polar surface area (TPSA) is 88.1 Å². The summed E-state index contributed by atoms with van der Waals surface area (Å²) < 4.78 is 31.0. The van der Waals surface area contributed by atoms with Gasteiger partial charge in [0.2, 0.25) is 5.82 Å². The molecule has 0 aliphatic carbocycles. The molecule has 0 unspecified atom stereocenters. The van der Waals surface area contributed by atoms with Gasteiger partial charge in [0.1, 0.15) is 5.82 Å². The summed E-state index contributed by atoms with van der Waals surface area (Å²) in [7, 11) is 3.12. The zero-order valence-corrected chi connectivity index (χ0v) is 16.1. The Morgan fingerprint density at radius 1 is 1.07 bits per heavy atom. The first-order chi connectivity index (χ1) is 14.1. The van der Waals surface area contributed by atoms with E-state index in [1.165, 1.54) is 12.1 Å². The maximum absolute atomic E-state index is 13.4. The molecule has 0 fully saturated rings. The Morgan fingerprint density at radius 3 is 2.66 bits per heavy atom. The maximum Gasteiger partial charge on any atom is 0.258 e. The number of ether oxygens (including phenoxy) is 2. The van der Waals surface area contributed by atoms with Gasteiger partial charge < -0.3 is 14.0 Å². The van der Waals surface area contributed by atoms with Crippen molar-refractivity contribution in [3.05, 3.63) is 59.5 Å². The minimum Gasteiger partial charge on any atom is -0.493 e. The molecule has 0 aliphatic heterocycles. The third kappa shape index (κ3) is 3.66. The van der Waals surface area contributed by atoms with Crippen LogP contribution in [-0.4, -0.2) is 39.4 Å². The van der Waals surface area contributed by atoms with Gasteiger partial charge in [-0.2, -0.15) is 4.98 Å². The number of methoxy groups -OCH3 is 2. The van der Waals surface area contributed by atoms with Crippen LogP contribution < -0.4 is 9.47 Å². The summed E-state index contributed by atoms with van der Waals surface area (Å²) in [5, 5.41) is 12.3. The van der Waals surface area contributed by atoms with Crippen molar-refractivity contribution in [3.8, 4) is 34.5 Å². The highest BCUT2D eigenvalue weighted by Gasteiger charge is 2.19. The van der Waals surface area contributed by atoms with Crippen LogP contribution in [-0.2, 0) is 6.54 Å². The Morgan fingerprint density at radius 2 is 1.90 bits per heavy atom. The smallest absolute Gasteiger partial charge is 0.258 e. The summed E-state index contributed by atoms with van der Waals surface area (Å²) in [6.07, 6.45) is 0. The van der Waals surface area contributed by atoms with Crippen LogP contribution >= 0.6 is 0 Å². The molecule has 0 amide bonds. The summed E-state index contributed by atoms with van der Waals surface area (Å²) in [5.41, 5.74) is 2.71. The molecular weight excluding hydrogens is 377 g/mol. The summed E-state index contributed by atoms with van der Waals surface area (Å²) in [4.78, 5) is 4.43. The SMILES string of the molecule is COc1ccc(-c2nc(-c3nnn(Cc4cccc(F)c4)c3C)no2)cc1OC. The first-order valence-electron chi connectivity index (χ1n) is 8.80. The van der Waals surface area contributed by atoms with Crippen LogP contribution in [0.2, 0.25) is 0 Å². The van der Waals surface area contributed by atoms with Gasteiger partial charge in [-0.25, -0.2) is 9.07 Å². The second kappa shape index (κ2) is 7.70.